The first-order chi connectivity index (χ1) is 20.3. The van der Waals surface area contributed by atoms with Crippen LogP contribution >= 0.6 is 0 Å². The summed E-state index contributed by atoms with van der Waals surface area (Å²) in [4.78, 5) is 28.5. The zero-order chi connectivity index (χ0) is 33.0. The molecular weight excluding hydrogens is 609 g/mol. The fourth-order valence-corrected chi connectivity index (χ4v) is 4.56. The molecule has 0 radical (unpaired) electrons. The van der Waals surface area contributed by atoms with Gasteiger partial charge in [-0.3, -0.25) is 9.59 Å². The predicted molar refractivity (Wildman–Crippen MR) is 149 cm³/mol. The Bertz CT molecular complexity index is 1640. The molecule has 0 fully saturated rings. The lowest BCUT2D eigenvalue weighted by atomic mass is 10.1. The van der Waals surface area contributed by atoms with Gasteiger partial charge in [-0.15, -0.1) is 5.01 Å². The van der Waals surface area contributed by atoms with Crippen LogP contribution in [-0.4, -0.2) is 59.4 Å². The van der Waals surface area contributed by atoms with Crippen LogP contribution in [0.15, 0.2) is 64.8 Å². The molecule has 1 aromatic heterocycles. The molecular formula is C27H31F3N6O7S. The summed E-state index contributed by atoms with van der Waals surface area (Å²) in [6.07, 6.45) is -4.72. The zero-order valence-electron chi connectivity index (χ0n) is 24.6. The van der Waals surface area contributed by atoms with Crippen LogP contribution in [0.2, 0.25) is 0 Å². The Morgan fingerprint density at radius 2 is 1.70 bits per heavy atom. The highest BCUT2D eigenvalue weighted by Crippen LogP contribution is 2.33. The Morgan fingerprint density at radius 3 is 2.25 bits per heavy atom. The minimum Gasteiger partial charge on any atom is -0.569 e. The average molecular weight is 641 g/mol. The number of rotatable bonds is 11. The number of nitrogens with one attached hydrogen (secondary N) is 1. The van der Waals surface area contributed by atoms with E-state index in [2.05, 4.69) is 15.2 Å². The number of hydrogen-bond donors (Lipinski definition) is 1. The number of nitrogens with zero attached hydrogens (tertiary/aromatic N) is 5. The van der Waals surface area contributed by atoms with Crippen LogP contribution < -0.4 is 4.72 Å². The van der Waals surface area contributed by atoms with Gasteiger partial charge in [-0.2, -0.15) is 18.3 Å². The number of likely N-dealkylation sites (N-methyl/N-ethyl adjacent to an activating group) is 1. The number of esters is 1. The Balaban J connectivity index is 1.79. The lowest BCUT2D eigenvalue weighted by Gasteiger charge is -2.29. The molecule has 0 saturated carbocycles. The first-order valence-electron chi connectivity index (χ1n) is 13.0. The number of halogens is 3. The van der Waals surface area contributed by atoms with Gasteiger partial charge in [0.25, 0.3) is 22.7 Å². The molecule has 3 aromatic rings. The van der Waals surface area contributed by atoms with E-state index in [9.17, 15) is 36.4 Å². The number of sulfonamides is 1. The van der Waals surface area contributed by atoms with E-state index in [1.54, 1.807) is 38.1 Å². The minimum atomic E-state index is -4.72. The van der Waals surface area contributed by atoms with Crippen molar-refractivity contribution in [2.45, 2.75) is 51.2 Å². The fraction of sp³-hybridized carbons (Fsp3) is 0.370. The highest BCUT2D eigenvalue weighted by molar-refractivity contribution is 7.90. The number of ether oxygens (including phenoxy) is 1. The van der Waals surface area contributed by atoms with Crippen molar-refractivity contribution in [3.8, 4) is 16.9 Å². The largest absolute Gasteiger partial charge is 0.569 e. The van der Waals surface area contributed by atoms with Crippen LogP contribution in [0.4, 0.5) is 13.2 Å². The van der Waals surface area contributed by atoms with Crippen LogP contribution in [0, 0.1) is 18.0 Å². The van der Waals surface area contributed by atoms with E-state index in [1.165, 1.54) is 26.0 Å². The third-order valence-corrected chi connectivity index (χ3v) is 7.79. The van der Waals surface area contributed by atoms with Gasteiger partial charge >= 0.3 is 12.1 Å². The maximum absolute atomic E-state index is 13.5. The molecule has 1 N–H and O–H groups in total. The van der Waals surface area contributed by atoms with Crippen molar-refractivity contribution in [2.24, 2.45) is 11.2 Å². The van der Waals surface area contributed by atoms with Gasteiger partial charge in [-0.05, 0) is 51.1 Å². The second kappa shape index (κ2) is 12.9. The highest BCUT2D eigenvalue weighted by atomic mass is 32.2. The highest BCUT2D eigenvalue weighted by Gasteiger charge is 2.41. The number of aryl methyl sites for hydroxylation is 1. The minimum absolute atomic E-state index is 0.126. The van der Waals surface area contributed by atoms with Gasteiger partial charge in [-0.1, -0.05) is 43.7 Å². The molecule has 3 rings (SSSR count). The second-order valence-electron chi connectivity index (χ2n) is 10.4. The molecule has 0 spiro atoms. The van der Waals surface area contributed by atoms with Crippen molar-refractivity contribution in [1.29, 1.82) is 0 Å². The molecule has 0 saturated heterocycles. The summed E-state index contributed by atoms with van der Waals surface area (Å²) in [6, 6.07) is 12.3. The molecule has 0 atom stereocenters. The van der Waals surface area contributed by atoms with Crippen LogP contribution in [0.25, 0.3) is 16.9 Å². The Labute approximate surface area is 251 Å². The first-order valence-corrected chi connectivity index (χ1v) is 14.5. The number of alkyl halides is 3. The van der Waals surface area contributed by atoms with Crippen molar-refractivity contribution in [2.75, 3.05) is 13.8 Å². The molecule has 0 aliphatic carbocycles. The molecule has 1 heterocycles. The number of amides is 1. The van der Waals surface area contributed by atoms with Gasteiger partial charge in [0.1, 0.15) is 0 Å². The third kappa shape index (κ3) is 7.83. The number of hydrogen-bond acceptors (Lipinski definition) is 9. The van der Waals surface area contributed by atoms with Crippen LogP contribution in [-0.2, 0) is 35.4 Å². The second-order valence-corrected chi connectivity index (χ2v) is 12.1. The van der Waals surface area contributed by atoms with E-state index in [4.69, 9.17) is 4.74 Å². The number of benzene rings is 2. The maximum atomic E-state index is 13.5. The number of carbonyl (C=O) groups is 2. The van der Waals surface area contributed by atoms with Gasteiger partial charge in [0.15, 0.2) is 11.2 Å². The first kappa shape index (κ1) is 33.8. The molecule has 17 heteroatoms. The molecule has 2 aromatic carbocycles. The summed E-state index contributed by atoms with van der Waals surface area (Å²) >= 11 is 0. The molecule has 1 amide bonds. The number of carbonyl (C=O) groups excluding carboxylic acids is 2. The van der Waals surface area contributed by atoms with Crippen molar-refractivity contribution >= 4 is 21.9 Å². The molecule has 13 nitrogen and oxygen atoms in total. The van der Waals surface area contributed by atoms with Gasteiger partial charge < -0.3 is 14.8 Å². The molecule has 44 heavy (non-hydrogen) atoms. The topological polar surface area (TPSA) is 158 Å². The fourth-order valence-electron chi connectivity index (χ4n) is 3.46. The number of hydrazine groups is 1. The van der Waals surface area contributed by atoms with Gasteiger partial charge in [0.05, 0.1) is 34.2 Å². The summed E-state index contributed by atoms with van der Waals surface area (Å²) < 4.78 is 74.1. The molecule has 0 unspecified atom stereocenters. The van der Waals surface area contributed by atoms with E-state index >= 15 is 0 Å². The smallest absolute Gasteiger partial charge is 0.435 e. The van der Waals surface area contributed by atoms with E-state index in [0.717, 1.165) is 40.5 Å². The summed E-state index contributed by atoms with van der Waals surface area (Å²) in [5.74, 6) is -2.14. The van der Waals surface area contributed by atoms with Crippen LogP contribution in [0.1, 0.15) is 39.0 Å². The molecule has 238 valence electrons. The van der Waals surface area contributed by atoms with Gasteiger partial charge in [-0.25, -0.2) is 17.8 Å². The van der Waals surface area contributed by atoms with Crippen molar-refractivity contribution in [1.82, 2.24) is 19.5 Å². The van der Waals surface area contributed by atoms with Crippen molar-refractivity contribution < 1.29 is 45.7 Å². The van der Waals surface area contributed by atoms with E-state index in [-0.39, 0.29) is 21.2 Å². The van der Waals surface area contributed by atoms with Crippen LogP contribution in [0.3, 0.4) is 0 Å². The monoisotopic (exact) mass is 640 g/mol. The SMILES string of the molecule is Cc1ccc(-c2cc(C(F)(F)F)nn2-c2ccc(S(=O)(=O)NC(=O)C(C)(C)N(C)/[N+]([O-])=N/OCOC(=O)C(C)C)cc2)cc1. The normalized spacial score (nSPS) is 12.6. The Kier molecular flexibility index (Phi) is 9.92. The Morgan fingerprint density at radius 1 is 1.11 bits per heavy atom. The van der Waals surface area contributed by atoms with Gasteiger partial charge in [0, 0.05) is 5.56 Å². The quantitative estimate of drug-likeness (QED) is 0.0803. The van der Waals surface area contributed by atoms with E-state index in [0.29, 0.717) is 5.56 Å². The number of aromatic nitrogens is 2. The standard InChI is InChI=1S/C27H31F3N6O7S/c1-17(2)24(37)42-16-43-33-36(39)34(6)26(4,5)25(38)32-44(40,41)21-13-11-20(12-14-21)35-22(15-23(31-35)27(28,29)30)19-9-7-18(3)8-10-19/h7-15,17H,16H2,1-6H3,(H,32,38)/b36-33-. The average Bonchev–Trinajstić information content (AvgIpc) is 3.41. The molecule has 0 aliphatic rings. The van der Waals surface area contributed by atoms with Crippen LogP contribution in [0.5, 0.6) is 0 Å². The van der Waals surface area contributed by atoms with Gasteiger partial charge in [0.2, 0.25) is 5.28 Å². The summed E-state index contributed by atoms with van der Waals surface area (Å²) in [7, 11) is -3.36. The summed E-state index contributed by atoms with van der Waals surface area (Å²) in [5.41, 5.74) is -1.32. The predicted octanol–water partition coefficient (Wildman–Crippen LogP) is 4.35. The lowest BCUT2D eigenvalue weighted by molar-refractivity contribution is -0.717. The van der Waals surface area contributed by atoms with Crippen molar-refractivity contribution in [3.63, 3.8) is 0 Å². The molecule has 0 bridgehead atoms. The van der Waals surface area contributed by atoms with E-state index < -0.39 is 52.0 Å². The maximum Gasteiger partial charge on any atom is 0.435 e. The van der Waals surface area contributed by atoms with Crippen molar-refractivity contribution in [3.05, 3.63) is 71.1 Å². The summed E-state index contributed by atoms with van der Waals surface area (Å²) in [6.45, 7) is 6.82. The lowest BCUT2D eigenvalue weighted by Crippen LogP contribution is -2.56. The van der Waals surface area contributed by atoms with E-state index in [1.807, 2.05) is 11.6 Å². The zero-order valence-corrected chi connectivity index (χ0v) is 25.4. The summed E-state index contributed by atoms with van der Waals surface area (Å²) in [5, 5.41) is 19.9. The Hall–Kier alpha value is -4.67. The molecule has 0 aliphatic heterocycles. The third-order valence-electron chi connectivity index (χ3n) is 6.44.